The van der Waals surface area contributed by atoms with Gasteiger partial charge in [-0.05, 0) is 25.5 Å². The minimum Gasteiger partial charge on any atom is -0.480 e. The number of nitrogens with zero attached hydrogens (tertiary/aromatic N) is 2. The van der Waals surface area contributed by atoms with Crippen LogP contribution in [0.15, 0.2) is 18.5 Å². The summed E-state index contributed by atoms with van der Waals surface area (Å²) in [5.41, 5.74) is 1.44. The molecule has 2 amide bonds. The molecule has 0 radical (unpaired) electrons. The van der Waals surface area contributed by atoms with E-state index in [1.807, 2.05) is 6.92 Å². The lowest BCUT2D eigenvalue weighted by Gasteiger charge is -2.22. The molecule has 0 saturated carbocycles. The third kappa shape index (κ3) is 3.17. The molecule has 17 heavy (non-hydrogen) atoms. The summed E-state index contributed by atoms with van der Waals surface area (Å²) in [6, 6.07) is 0.402. The number of aliphatic carboxylic acids is 1. The molecule has 0 spiro atoms. The maximum absolute atomic E-state index is 11.7. The van der Waals surface area contributed by atoms with Gasteiger partial charge < -0.3 is 15.3 Å². The second kappa shape index (κ2) is 5.29. The predicted octanol–water partition coefficient (Wildman–Crippen LogP) is 1.33. The summed E-state index contributed by atoms with van der Waals surface area (Å²) < 4.78 is 0. The zero-order valence-electron chi connectivity index (χ0n) is 9.97. The second-order valence-electron chi connectivity index (χ2n) is 3.75. The molecule has 0 aromatic carbocycles. The Hall–Kier alpha value is -2.11. The lowest BCUT2D eigenvalue weighted by molar-refractivity contribution is -0.141. The number of hydrogen-bond acceptors (Lipinski definition) is 3. The smallest absolute Gasteiger partial charge is 0.326 e. The normalized spacial score (nSPS) is 11.7. The fourth-order valence-corrected chi connectivity index (χ4v) is 1.14. The molecule has 1 rings (SSSR count). The molecule has 1 aromatic heterocycles. The van der Waals surface area contributed by atoms with Crippen molar-refractivity contribution in [2.24, 2.45) is 0 Å². The van der Waals surface area contributed by atoms with Crippen molar-refractivity contribution in [3.05, 3.63) is 24.0 Å². The molecule has 6 heteroatoms. The minimum absolute atomic E-state index is 0.476. The van der Waals surface area contributed by atoms with Gasteiger partial charge in [0, 0.05) is 13.2 Å². The Kier molecular flexibility index (Phi) is 4.03. The van der Waals surface area contributed by atoms with Crippen molar-refractivity contribution in [2.45, 2.75) is 19.9 Å². The Balaban J connectivity index is 2.73. The van der Waals surface area contributed by atoms with E-state index in [4.69, 9.17) is 5.11 Å². The number of carbonyl (C=O) groups is 2. The summed E-state index contributed by atoms with van der Waals surface area (Å²) in [6.45, 7) is 3.27. The molecule has 1 atom stereocenters. The van der Waals surface area contributed by atoms with Gasteiger partial charge in [0.2, 0.25) is 0 Å². The number of carboxylic acid groups (broad SMARTS) is 1. The van der Waals surface area contributed by atoms with E-state index in [-0.39, 0.29) is 0 Å². The zero-order chi connectivity index (χ0) is 13.0. The number of anilines is 1. The summed E-state index contributed by atoms with van der Waals surface area (Å²) in [5, 5.41) is 11.4. The highest BCUT2D eigenvalue weighted by Gasteiger charge is 2.21. The van der Waals surface area contributed by atoms with Crippen LogP contribution in [-0.4, -0.2) is 40.1 Å². The molecule has 92 valence electrons. The van der Waals surface area contributed by atoms with Crippen LogP contribution in [0.5, 0.6) is 0 Å². The highest BCUT2D eigenvalue weighted by Crippen LogP contribution is 2.12. The van der Waals surface area contributed by atoms with Crippen molar-refractivity contribution in [1.29, 1.82) is 0 Å². The summed E-state index contributed by atoms with van der Waals surface area (Å²) in [7, 11) is 1.43. The monoisotopic (exact) mass is 237 g/mol. The predicted molar refractivity (Wildman–Crippen MR) is 62.9 cm³/mol. The molecular formula is C11H15N3O3. The van der Waals surface area contributed by atoms with Gasteiger partial charge in [-0.1, -0.05) is 0 Å². The van der Waals surface area contributed by atoms with E-state index in [0.717, 1.165) is 10.5 Å². The van der Waals surface area contributed by atoms with E-state index in [1.165, 1.54) is 20.2 Å². The van der Waals surface area contributed by atoms with Gasteiger partial charge in [-0.25, -0.2) is 9.59 Å². The van der Waals surface area contributed by atoms with Crippen LogP contribution in [0.1, 0.15) is 12.5 Å². The highest BCUT2D eigenvalue weighted by atomic mass is 16.4. The fourth-order valence-electron chi connectivity index (χ4n) is 1.14. The number of aromatic nitrogens is 1. The third-order valence-electron chi connectivity index (χ3n) is 2.54. The average Bonchev–Trinajstić information content (AvgIpc) is 2.30. The van der Waals surface area contributed by atoms with Crippen LogP contribution in [0.2, 0.25) is 0 Å². The number of hydrogen-bond donors (Lipinski definition) is 2. The first-order valence-corrected chi connectivity index (χ1v) is 5.10. The molecule has 1 unspecified atom stereocenters. The van der Waals surface area contributed by atoms with Crippen LogP contribution < -0.4 is 5.32 Å². The Morgan fingerprint density at radius 1 is 1.53 bits per heavy atom. The number of pyridine rings is 1. The van der Waals surface area contributed by atoms with E-state index in [0.29, 0.717) is 5.69 Å². The van der Waals surface area contributed by atoms with Crippen molar-refractivity contribution >= 4 is 17.7 Å². The van der Waals surface area contributed by atoms with E-state index in [2.05, 4.69) is 10.3 Å². The number of urea groups is 1. The first-order chi connectivity index (χ1) is 7.93. The van der Waals surface area contributed by atoms with Gasteiger partial charge in [0.05, 0.1) is 11.9 Å². The Morgan fingerprint density at radius 2 is 2.18 bits per heavy atom. The number of amides is 2. The van der Waals surface area contributed by atoms with Crippen molar-refractivity contribution in [2.75, 3.05) is 12.4 Å². The van der Waals surface area contributed by atoms with Gasteiger partial charge in [0.15, 0.2) is 0 Å². The Bertz CT molecular complexity index is 434. The van der Waals surface area contributed by atoms with Gasteiger partial charge in [-0.2, -0.15) is 0 Å². The van der Waals surface area contributed by atoms with Crippen molar-refractivity contribution in [1.82, 2.24) is 9.88 Å². The number of aryl methyl sites for hydroxylation is 1. The van der Waals surface area contributed by atoms with Crippen LogP contribution in [0.25, 0.3) is 0 Å². The number of carboxylic acids is 1. The minimum atomic E-state index is -1.05. The summed E-state index contributed by atoms with van der Waals surface area (Å²) >= 11 is 0. The third-order valence-corrected chi connectivity index (χ3v) is 2.54. The van der Waals surface area contributed by atoms with Gasteiger partial charge in [-0.15, -0.1) is 0 Å². The fraction of sp³-hybridized carbons (Fsp3) is 0.364. The van der Waals surface area contributed by atoms with E-state index >= 15 is 0 Å². The first-order valence-electron chi connectivity index (χ1n) is 5.10. The lowest BCUT2D eigenvalue weighted by atomic mass is 10.2. The SMILES string of the molecule is Cc1ccncc1NC(=O)N(C)C(C)C(=O)O. The summed E-state index contributed by atoms with van der Waals surface area (Å²) in [6.07, 6.45) is 3.14. The zero-order valence-corrected chi connectivity index (χ0v) is 9.97. The number of rotatable bonds is 3. The molecule has 2 N–H and O–H groups in total. The molecule has 0 aliphatic heterocycles. The van der Waals surface area contributed by atoms with Crippen molar-refractivity contribution < 1.29 is 14.7 Å². The van der Waals surface area contributed by atoms with Gasteiger partial charge in [0.1, 0.15) is 6.04 Å². The molecule has 0 saturated heterocycles. The lowest BCUT2D eigenvalue weighted by Crippen LogP contribution is -2.42. The standard InChI is InChI=1S/C11H15N3O3/c1-7-4-5-12-6-9(7)13-11(17)14(3)8(2)10(15)16/h4-6,8H,1-3H3,(H,13,17)(H,15,16). The molecule has 1 heterocycles. The Labute approximate surface area is 99.3 Å². The van der Waals surface area contributed by atoms with Crippen molar-refractivity contribution in [3.63, 3.8) is 0 Å². The van der Waals surface area contributed by atoms with Gasteiger partial charge in [-0.3, -0.25) is 4.98 Å². The summed E-state index contributed by atoms with van der Waals surface area (Å²) in [4.78, 5) is 27.5. The first kappa shape index (κ1) is 13.0. The van der Waals surface area contributed by atoms with Crippen LogP contribution >= 0.6 is 0 Å². The molecule has 0 fully saturated rings. The molecule has 1 aromatic rings. The average molecular weight is 237 g/mol. The number of carbonyl (C=O) groups excluding carboxylic acids is 1. The molecule has 6 nitrogen and oxygen atoms in total. The van der Waals surface area contributed by atoms with Crippen LogP contribution in [0.4, 0.5) is 10.5 Å². The topological polar surface area (TPSA) is 82.5 Å². The molecule has 0 aliphatic rings. The number of likely N-dealkylation sites (N-methyl/N-ethyl adjacent to an activating group) is 1. The largest absolute Gasteiger partial charge is 0.480 e. The molecule has 0 aliphatic carbocycles. The van der Waals surface area contributed by atoms with Crippen LogP contribution in [0.3, 0.4) is 0 Å². The molecule has 0 bridgehead atoms. The highest BCUT2D eigenvalue weighted by molar-refractivity contribution is 5.92. The van der Waals surface area contributed by atoms with Gasteiger partial charge >= 0.3 is 12.0 Å². The maximum atomic E-state index is 11.7. The maximum Gasteiger partial charge on any atom is 0.326 e. The van der Waals surface area contributed by atoms with Gasteiger partial charge in [0.25, 0.3) is 0 Å². The molecular weight excluding hydrogens is 222 g/mol. The van der Waals surface area contributed by atoms with Crippen LogP contribution in [0, 0.1) is 6.92 Å². The second-order valence-corrected chi connectivity index (χ2v) is 3.75. The summed E-state index contributed by atoms with van der Waals surface area (Å²) in [5.74, 6) is -1.05. The van der Waals surface area contributed by atoms with E-state index in [9.17, 15) is 9.59 Å². The quantitative estimate of drug-likeness (QED) is 0.830. The van der Waals surface area contributed by atoms with Crippen LogP contribution in [-0.2, 0) is 4.79 Å². The number of nitrogens with one attached hydrogen (secondary N) is 1. The Morgan fingerprint density at radius 3 is 2.71 bits per heavy atom. The van der Waals surface area contributed by atoms with Crippen molar-refractivity contribution in [3.8, 4) is 0 Å². The van der Waals surface area contributed by atoms with E-state index in [1.54, 1.807) is 12.3 Å². The van der Waals surface area contributed by atoms with E-state index < -0.39 is 18.0 Å².